The van der Waals surface area contributed by atoms with Crippen LogP contribution in [0, 0.1) is 6.92 Å². The van der Waals surface area contributed by atoms with Crippen LogP contribution in [0.25, 0.3) is 6.08 Å². The van der Waals surface area contributed by atoms with Crippen LogP contribution >= 0.6 is 0 Å². The van der Waals surface area contributed by atoms with Crippen LogP contribution in [0.15, 0.2) is 53.4 Å². The van der Waals surface area contributed by atoms with Crippen LogP contribution in [-0.4, -0.2) is 27.4 Å². The number of hydrogen-bond acceptors (Lipinski definition) is 3. The zero-order chi connectivity index (χ0) is 19.4. The summed E-state index contributed by atoms with van der Waals surface area (Å²) in [5, 5.41) is 0. The van der Waals surface area contributed by atoms with E-state index in [0.29, 0.717) is 13.1 Å². The summed E-state index contributed by atoms with van der Waals surface area (Å²) in [5.41, 5.74) is 4.17. The van der Waals surface area contributed by atoms with Crippen molar-refractivity contribution >= 4 is 27.7 Å². The lowest BCUT2D eigenvalue weighted by Crippen LogP contribution is -2.34. The molecule has 0 spiro atoms. The number of carbonyl (C=O) groups is 1. The van der Waals surface area contributed by atoms with Crippen LogP contribution in [0.2, 0.25) is 0 Å². The van der Waals surface area contributed by atoms with E-state index < -0.39 is 10.0 Å². The van der Waals surface area contributed by atoms with E-state index in [4.69, 9.17) is 0 Å². The molecule has 0 atom stereocenters. The van der Waals surface area contributed by atoms with E-state index in [-0.39, 0.29) is 10.8 Å². The van der Waals surface area contributed by atoms with Gasteiger partial charge in [0.2, 0.25) is 10.0 Å². The van der Waals surface area contributed by atoms with E-state index >= 15 is 0 Å². The molecule has 0 saturated heterocycles. The summed E-state index contributed by atoms with van der Waals surface area (Å²) in [6.45, 7) is 4.84. The maximum Gasteiger partial charge on any atom is 0.250 e. The van der Waals surface area contributed by atoms with Crippen molar-refractivity contribution in [2.45, 2.75) is 31.6 Å². The minimum atomic E-state index is -3.46. The molecular formula is C21H24N2O3S. The van der Waals surface area contributed by atoms with Crippen molar-refractivity contribution in [1.82, 2.24) is 4.72 Å². The zero-order valence-electron chi connectivity index (χ0n) is 15.6. The summed E-state index contributed by atoms with van der Waals surface area (Å²) in [6.07, 6.45) is 5.20. The third kappa shape index (κ3) is 4.46. The van der Waals surface area contributed by atoms with Crippen LogP contribution in [-0.2, 0) is 21.2 Å². The summed E-state index contributed by atoms with van der Waals surface area (Å²) in [4.78, 5) is 14.7. The first-order chi connectivity index (χ1) is 12.9. The molecule has 2 aromatic carbocycles. The molecule has 0 radical (unpaired) electrons. The van der Waals surface area contributed by atoms with E-state index in [9.17, 15) is 13.2 Å². The van der Waals surface area contributed by atoms with Crippen molar-refractivity contribution in [2.24, 2.45) is 0 Å². The number of rotatable bonds is 5. The van der Waals surface area contributed by atoms with E-state index in [1.807, 2.05) is 12.1 Å². The Morgan fingerprint density at radius 3 is 2.63 bits per heavy atom. The van der Waals surface area contributed by atoms with Crippen molar-refractivity contribution in [3.8, 4) is 0 Å². The van der Waals surface area contributed by atoms with Crippen molar-refractivity contribution in [3.63, 3.8) is 0 Å². The van der Waals surface area contributed by atoms with Gasteiger partial charge >= 0.3 is 0 Å². The number of nitrogens with one attached hydrogen (secondary N) is 1. The van der Waals surface area contributed by atoms with Crippen molar-refractivity contribution in [3.05, 3.63) is 65.2 Å². The maximum atomic E-state index is 12.7. The van der Waals surface area contributed by atoms with Crippen molar-refractivity contribution in [1.29, 1.82) is 0 Å². The number of anilines is 1. The lowest BCUT2D eigenvalue weighted by molar-refractivity contribution is -0.114. The van der Waals surface area contributed by atoms with Gasteiger partial charge < -0.3 is 4.90 Å². The quantitative estimate of drug-likeness (QED) is 0.805. The smallest absolute Gasteiger partial charge is 0.250 e. The van der Waals surface area contributed by atoms with Crippen molar-refractivity contribution < 1.29 is 13.2 Å². The Kier molecular flexibility index (Phi) is 5.77. The fourth-order valence-electron chi connectivity index (χ4n) is 3.24. The predicted molar refractivity (Wildman–Crippen MR) is 108 cm³/mol. The standard InChI is InChI=1S/C21H24N2O3S/c1-3-22-27(25,26)19-10-7-17(8-11-19)9-13-21(24)23-14-4-5-18-15-16(2)6-12-20(18)23/h6-13,15,22H,3-5,14H2,1-2H3/b13-9+. The lowest BCUT2D eigenvalue weighted by Gasteiger charge is -2.29. The van der Waals surface area contributed by atoms with Gasteiger partial charge in [0, 0.05) is 24.9 Å². The molecule has 0 bridgehead atoms. The minimum Gasteiger partial charge on any atom is -0.309 e. The maximum absolute atomic E-state index is 12.7. The van der Waals surface area contributed by atoms with E-state index in [1.165, 1.54) is 11.1 Å². The highest BCUT2D eigenvalue weighted by Crippen LogP contribution is 2.28. The molecule has 2 aromatic rings. The lowest BCUT2D eigenvalue weighted by atomic mass is 9.99. The third-order valence-electron chi connectivity index (χ3n) is 4.56. The first kappa shape index (κ1) is 19.3. The summed E-state index contributed by atoms with van der Waals surface area (Å²) in [6, 6.07) is 12.7. The predicted octanol–water partition coefficient (Wildman–Crippen LogP) is 3.29. The molecule has 3 rings (SSSR count). The highest BCUT2D eigenvalue weighted by atomic mass is 32.2. The molecule has 0 saturated carbocycles. The summed E-state index contributed by atoms with van der Waals surface area (Å²) >= 11 is 0. The number of carbonyl (C=O) groups excluding carboxylic acids is 1. The van der Waals surface area contributed by atoms with Gasteiger partial charge in [-0.2, -0.15) is 0 Å². The average Bonchev–Trinajstić information content (AvgIpc) is 2.65. The molecule has 1 aliphatic rings. The normalized spacial score (nSPS) is 14.4. The van der Waals surface area contributed by atoms with Crippen molar-refractivity contribution in [2.75, 3.05) is 18.0 Å². The Bertz CT molecular complexity index is 963. The largest absolute Gasteiger partial charge is 0.309 e. The van der Waals surface area contributed by atoms with Crippen LogP contribution < -0.4 is 9.62 Å². The monoisotopic (exact) mass is 384 g/mol. The van der Waals surface area contributed by atoms with E-state index in [1.54, 1.807) is 48.2 Å². The first-order valence-corrected chi connectivity index (χ1v) is 10.6. The number of benzene rings is 2. The van der Waals surface area contributed by atoms with Gasteiger partial charge in [-0.15, -0.1) is 0 Å². The van der Waals surface area contributed by atoms with Gasteiger partial charge in [0.25, 0.3) is 5.91 Å². The van der Waals surface area contributed by atoms with Gasteiger partial charge in [-0.25, -0.2) is 13.1 Å². The van der Waals surface area contributed by atoms with E-state index in [2.05, 4.69) is 17.7 Å². The molecule has 1 amide bonds. The average molecular weight is 385 g/mol. The Labute approximate surface area is 160 Å². The van der Waals surface area contributed by atoms with Gasteiger partial charge in [0.15, 0.2) is 0 Å². The molecule has 27 heavy (non-hydrogen) atoms. The Morgan fingerprint density at radius 1 is 1.19 bits per heavy atom. The topological polar surface area (TPSA) is 66.5 Å². The number of aryl methyl sites for hydroxylation is 2. The molecule has 0 unspecified atom stereocenters. The molecule has 142 valence electrons. The molecule has 1 aliphatic heterocycles. The SMILES string of the molecule is CCNS(=O)(=O)c1ccc(/C=C/C(=O)N2CCCc3cc(C)ccc32)cc1. The summed E-state index contributed by atoms with van der Waals surface area (Å²) in [7, 11) is -3.46. The molecule has 6 heteroatoms. The van der Waals surface area contributed by atoms with Crippen LogP contribution in [0.1, 0.15) is 30.0 Å². The summed E-state index contributed by atoms with van der Waals surface area (Å²) < 4.78 is 26.4. The van der Waals surface area contributed by atoms with Gasteiger partial charge in [-0.3, -0.25) is 4.79 Å². The highest BCUT2D eigenvalue weighted by molar-refractivity contribution is 7.89. The Hall–Kier alpha value is -2.44. The molecule has 0 aliphatic carbocycles. The number of sulfonamides is 1. The van der Waals surface area contributed by atoms with E-state index in [0.717, 1.165) is 24.1 Å². The minimum absolute atomic E-state index is 0.0656. The molecule has 0 fully saturated rings. The van der Waals surface area contributed by atoms with Crippen LogP contribution in [0.5, 0.6) is 0 Å². The zero-order valence-corrected chi connectivity index (χ0v) is 16.4. The first-order valence-electron chi connectivity index (χ1n) is 9.09. The Balaban J connectivity index is 1.75. The second-order valence-corrected chi connectivity index (χ2v) is 8.40. The number of nitrogens with zero attached hydrogens (tertiary/aromatic N) is 1. The number of fused-ring (bicyclic) bond motifs is 1. The third-order valence-corrected chi connectivity index (χ3v) is 6.12. The molecule has 0 aromatic heterocycles. The Morgan fingerprint density at radius 2 is 1.93 bits per heavy atom. The fraction of sp³-hybridized carbons (Fsp3) is 0.286. The molecule has 5 nitrogen and oxygen atoms in total. The molecule has 1 heterocycles. The molecular weight excluding hydrogens is 360 g/mol. The van der Waals surface area contributed by atoms with Crippen LogP contribution in [0.3, 0.4) is 0 Å². The second kappa shape index (κ2) is 8.06. The molecule has 1 N–H and O–H groups in total. The van der Waals surface area contributed by atoms with Gasteiger partial charge in [-0.1, -0.05) is 36.8 Å². The number of amides is 1. The van der Waals surface area contributed by atoms with Crippen LogP contribution in [0.4, 0.5) is 5.69 Å². The highest BCUT2D eigenvalue weighted by Gasteiger charge is 2.20. The summed E-state index contributed by atoms with van der Waals surface area (Å²) in [5.74, 6) is -0.0656. The number of hydrogen-bond donors (Lipinski definition) is 1. The van der Waals surface area contributed by atoms with Gasteiger partial charge in [0.05, 0.1) is 4.90 Å². The van der Waals surface area contributed by atoms with Gasteiger partial charge in [0.1, 0.15) is 0 Å². The van der Waals surface area contributed by atoms with Gasteiger partial charge in [-0.05, 0) is 55.2 Å². The second-order valence-electron chi connectivity index (χ2n) is 6.63. The fourth-order valence-corrected chi connectivity index (χ4v) is 4.28.